The highest BCUT2D eigenvalue weighted by Crippen LogP contribution is 2.21. The van der Waals surface area contributed by atoms with Gasteiger partial charge in [0.2, 0.25) is 0 Å². The Kier molecular flexibility index (Phi) is 13.7. The lowest BCUT2D eigenvalue weighted by Crippen LogP contribution is -2.47. The Morgan fingerprint density at radius 1 is 1.05 bits per heavy atom. The molecule has 1 saturated heterocycles. The Morgan fingerprint density at radius 3 is 1.95 bits per heavy atom. The minimum absolute atomic E-state index is 0. The number of ether oxygens (including phenoxy) is 1. The summed E-state index contributed by atoms with van der Waals surface area (Å²) < 4.78 is 5.78. The van der Waals surface area contributed by atoms with Crippen molar-refractivity contribution in [2.75, 3.05) is 52.4 Å². The quantitative estimate of drug-likeness (QED) is 0.844. The first kappa shape index (κ1) is 19.8. The fourth-order valence-corrected chi connectivity index (χ4v) is 2.22. The third-order valence-electron chi connectivity index (χ3n) is 3.73. The zero-order valence-electron chi connectivity index (χ0n) is 14.2. The maximum atomic E-state index is 5.78. The predicted molar refractivity (Wildman–Crippen MR) is 90.3 cm³/mol. The van der Waals surface area contributed by atoms with Crippen molar-refractivity contribution in [3.63, 3.8) is 0 Å². The van der Waals surface area contributed by atoms with Crippen molar-refractivity contribution in [3.8, 4) is 0 Å². The maximum Gasteiger partial charge on any atom is 0.0597 e. The van der Waals surface area contributed by atoms with Gasteiger partial charge in [0.15, 0.2) is 0 Å². The molecule has 4 heteroatoms. The summed E-state index contributed by atoms with van der Waals surface area (Å²) in [4.78, 5) is 5.05. The monoisotopic (exact) mass is 289 g/mol. The second-order valence-electron chi connectivity index (χ2n) is 5.11. The first-order valence-corrected chi connectivity index (χ1v) is 8.56. The van der Waals surface area contributed by atoms with E-state index in [1.54, 1.807) is 0 Å². The van der Waals surface area contributed by atoms with Gasteiger partial charge in [0, 0.05) is 34.2 Å². The average Bonchev–Trinajstić information content (AvgIpc) is 2.45. The minimum Gasteiger partial charge on any atom is -0.377 e. The van der Waals surface area contributed by atoms with Crippen LogP contribution in [0.5, 0.6) is 0 Å². The van der Waals surface area contributed by atoms with E-state index in [-0.39, 0.29) is 1.43 Å². The number of hydrogen-bond donors (Lipinski definition) is 1. The standard InChI is InChI=1S/C12H24N2O.C2H7N.C2H6.H2/c1-2-13-6-8-14(9-7-13)10-11-15-12-4-3-5-12;1-2-3;1-2;/h12H,2-11H2,1H3;2-3H2,1H3;1-2H3;1H. The molecule has 2 aliphatic rings. The molecule has 0 aromatic carbocycles. The van der Waals surface area contributed by atoms with Crippen molar-refractivity contribution >= 4 is 0 Å². The van der Waals surface area contributed by atoms with Crippen LogP contribution in [0.25, 0.3) is 0 Å². The molecule has 2 fully saturated rings. The summed E-state index contributed by atoms with van der Waals surface area (Å²) in [7, 11) is 0. The molecule has 0 spiro atoms. The van der Waals surface area contributed by atoms with Crippen LogP contribution < -0.4 is 5.73 Å². The summed E-state index contributed by atoms with van der Waals surface area (Å²) in [5.41, 5.74) is 4.85. The molecule has 0 bridgehead atoms. The van der Waals surface area contributed by atoms with Gasteiger partial charge in [-0.2, -0.15) is 0 Å². The van der Waals surface area contributed by atoms with Crippen LogP contribution in [-0.2, 0) is 4.74 Å². The lowest BCUT2D eigenvalue weighted by Gasteiger charge is -2.34. The van der Waals surface area contributed by atoms with Gasteiger partial charge in [0.05, 0.1) is 12.7 Å². The van der Waals surface area contributed by atoms with Gasteiger partial charge in [0.1, 0.15) is 0 Å². The van der Waals surface area contributed by atoms with Gasteiger partial charge in [-0.05, 0) is 32.4 Å². The lowest BCUT2D eigenvalue weighted by atomic mass is 9.96. The minimum atomic E-state index is 0. The predicted octanol–water partition coefficient (Wildman–Crippen LogP) is 2.43. The van der Waals surface area contributed by atoms with Crippen molar-refractivity contribution in [2.45, 2.75) is 53.1 Å². The number of hydrogen-bond acceptors (Lipinski definition) is 4. The van der Waals surface area contributed by atoms with Gasteiger partial charge in [-0.3, -0.25) is 4.90 Å². The van der Waals surface area contributed by atoms with Crippen molar-refractivity contribution in [1.29, 1.82) is 0 Å². The van der Waals surface area contributed by atoms with Gasteiger partial charge in [0.25, 0.3) is 0 Å². The highest BCUT2D eigenvalue weighted by atomic mass is 16.5. The number of nitrogens with two attached hydrogens (primary N) is 1. The van der Waals surface area contributed by atoms with E-state index in [1.807, 2.05) is 20.8 Å². The second kappa shape index (κ2) is 13.8. The van der Waals surface area contributed by atoms with Crippen LogP contribution in [0.3, 0.4) is 0 Å². The molecule has 0 amide bonds. The molecule has 1 heterocycles. The topological polar surface area (TPSA) is 41.7 Å². The SMILES string of the molecule is CC.CCN.CCN1CCN(CCOC2CCC2)CC1.[HH]. The summed E-state index contributed by atoms with van der Waals surface area (Å²) >= 11 is 0. The van der Waals surface area contributed by atoms with E-state index in [0.717, 1.165) is 19.7 Å². The first-order valence-electron chi connectivity index (χ1n) is 8.56. The molecule has 0 aromatic rings. The van der Waals surface area contributed by atoms with Crippen LogP contribution in [0.1, 0.15) is 48.4 Å². The highest BCUT2D eigenvalue weighted by Gasteiger charge is 2.19. The number of nitrogens with zero attached hydrogens (tertiary/aromatic N) is 2. The summed E-state index contributed by atoms with van der Waals surface area (Å²) in [6, 6.07) is 0. The second-order valence-corrected chi connectivity index (χ2v) is 5.11. The zero-order chi connectivity index (χ0) is 15.2. The van der Waals surface area contributed by atoms with Crippen molar-refractivity contribution in [3.05, 3.63) is 0 Å². The first-order chi connectivity index (χ1) is 9.80. The van der Waals surface area contributed by atoms with Gasteiger partial charge in [-0.25, -0.2) is 0 Å². The molecule has 2 rings (SSSR count). The van der Waals surface area contributed by atoms with Crippen LogP contribution in [0.15, 0.2) is 0 Å². The molecule has 1 aliphatic carbocycles. The summed E-state index contributed by atoms with van der Waals surface area (Å²) in [6.07, 6.45) is 4.56. The molecule has 0 atom stereocenters. The Hall–Kier alpha value is -0.160. The Balaban J connectivity index is 0. The van der Waals surface area contributed by atoms with Crippen LogP contribution >= 0.6 is 0 Å². The van der Waals surface area contributed by atoms with Crippen LogP contribution in [0, 0.1) is 0 Å². The fourth-order valence-electron chi connectivity index (χ4n) is 2.22. The average molecular weight is 290 g/mol. The van der Waals surface area contributed by atoms with Crippen LogP contribution in [0.2, 0.25) is 0 Å². The molecular formula is C16H39N3O. The van der Waals surface area contributed by atoms with E-state index in [4.69, 9.17) is 10.5 Å². The van der Waals surface area contributed by atoms with E-state index < -0.39 is 0 Å². The molecule has 1 saturated carbocycles. The molecule has 20 heavy (non-hydrogen) atoms. The normalized spacial score (nSPS) is 20.2. The third-order valence-corrected chi connectivity index (χ3v) is 3.73. The fraction of sp³-hybridized carbons (Fsp3) is 1.00. The van der Waals surface area contributed by atoms with Crippen molar-refractivity contribution in [2.24, 2.45) is 5.73 Å². The van der Waals surface area contributed by atoms with Crippen LogP contribution in [-0.4, -0.2) is 68.3 Å². The number of likely N-dealkylation sites (N-methyl/N-ethyl adjacent to an activating group) is 1. The van der Waals surface area contributed by atoms with E-state index in [0.29, 0.717) is 6.10 Å². The molecule has 1 aliphatic heterocycles. The smallest absolute Gasteiger partial charge is 0.0597 e. The molecule has 4 nitrogen and oxygen atoms in total. The third kappa shape index (κ3) is 8.90. The van der Waals surface area contributed by atoms with Crippen LogP contribution in [0.4, 0.5) is 0 Å². The van der Waals surface area contributed by atoms with E-state index in [2.05, 4.69) is 16.7 Å². The Bertz CT molecular complexity index is 196. The van der Waals surface area contributed by atoms with E-state index in [9.17, 15) is 0 Å². The number of piperazine rings is 1. The van der Waals surface area contributed by atoms with E-state index >= 15 is 0 Å². The van der Waals surface area contributed by atoms with Gasteiger partial charge >= 0.3 is 0 Å². The van der Waals surface area contributed by atoms with Gasteiger partial charge in [-0.15, -0.1) is 0 Å². The largest absolute Gasteiger partial charge is 0.377 e. The Labute approximate surface area is 128 Å². The summed E-state index contributed by atoms with van der Waals surface area (Å²) in [6.45, 7) is 17.1. The zero-order valence-corrected chi connectivity index (χ0v) is 14.2. The summed E-state index contributed by atoms with van der Waals surface area (Å²) in [5, 5.41) is 0. The molecular weight excluding hydrogens is 250 g/mol. The molecule has 2 N–H and O–H groups in total. The van der Waals surface area contributed by atoms with Gasteiger partial charge < -0.3 is 15.4 Å². The van der Waals surface area contributed by atoms with Crippen molar-refractivity contribution in [1.82, 2.24) is 9.80 Å². The lowest BCUT2D eigenvalue weighted by molar-refractivity contribution is -0.0119. The molecule has 124 valence electrons. The van der Waals surface area contributed by atoms with E-state index in [1.165, 1.54) is 52.0 Å². The Morgan fingerprint density at radius 2 is 1.55 bits per heavy atom. The molecule has 0 unspecified atom stereocenters. The van der Waals surface area contributed by atoms with Gasteiger partial charge in [-0.1, -0.05) is 27.7 Å². The summed E-state index contributed by atoms with van der Waals surface area (Å²) in [5.74, 6) is 0. The maximum absolute atomic E-state index is 5.78. The molecule has 0 aromatic heterocycles. The number of rotatable bonds is 5. The van der Waals surface area contributed by atoms with Crippen molar-refractivity contribution < 1.29 is 6.16 Å². The highest BCUT2D eigenvalue weighted by molar-refractivity contribution is 4.72. The molecule has 0 radical (unpaired) electrons.